The Morgan fingerprint density at radius 2 is 1.61 bits per heavy atom. The zero-order valence-corrected chi connectivity index (χ0v) is 14.6. The van der Waals surface area contributed by atoms with E-state index in [4.69, 9.17) is 15.4 Å². The molecule has 2 N–H and O–H groups in total. The van der Waals surface area contributed by atoms with Gasteiger partial charge in [0.15, 0.2) is 0 Å². The summed E-state index contributed by atoms with van der Waals surface area (Å²) in [7, 11) is 0. The number of hydrogen-bond acceptors (Lipinski definition) is 4. The molecule has 0 radical (unpaired) electrons. The van der Waals surface area contributed by atoms with Gasteiger partial charge in [-0.25, -0.2) is 14.8 Å². The van der Waals surface area contributed by atoms with Crippen LogP contribution in [-0.2, 0) is 0 Å². The van der Waals surface area contributed by atoms with Crippen LogP contribution in [0, 0.1) is 5.41 Å². The lowest BCUT2D eigenvalue weighted by Crippen LogP contribution is -2.27. The first-order chi connectivity index (χ1) is 13.6. The summed E-state index contributed by atoms with van der Waals surface area (Å²) in [5, 5.41) is 19.0. The summed E-state index contributed by atoms with van der Waals surface area (Å²) in [6.45, 7) is 0. The quantitative estimate of drug-likeness (QED) is 0.497. The molecule has 28 heavy (non-hydrogen) atoms. The van der Waals surface area contributed by atoms with Gasteiger partial charge in [-0.15, -0.1) is 0 Å². The molecule has 1 aliphatic heterocycles. The van der Waals surface area contributed by atoms with Crippen molar-refractivity contribution in [3.63, 3.8) is 0 Å². The number of carbonyl (C=O) groups is 1. The zero-order chi connectivity index (χ0) is 19.3. The molecule has 0 bridgehead atoms. The smallest absolute Gasteiger partial charge is 0.337 e. The fraction of sp³-hybridized carbons (Fsp3) is 0. The summed E-state index contributed by atoms with van der Waals surface area (Å²) >= 11 is 0. The first-order valence-electron chi connectivity index (χ1n) is 8.73. The number of benzene rings is 3. The minimum atomic E-state index is -1.04. The van der Waals surface area contributed by atoms with Gasteiger partial charge in [0.25, 0.3) is 0 Å². The number of fused-ring (bicyclic) bond motifs is 4. The molecule has 0 atom stereocenters. The second-order valence-corrected chi connectivity index (χ2v) is 6.44. The second-order valence-electron chi connectivity index (χ2n) is 6.44. The lowest BCUT2D eigenvalue weighted by atomic mass is 10.1. The first-order valence-corrected chi connectivity index (χ1v) is 8.73. The Hall–Kier alpha value is -4.06. The van der Waals surface area contributed by atoms with Gasteiger partial charge >= 0.3 is 5.97 Å². The van der Waals surface area contributed by atoms with Crippen LogP contribution in [0.4, 0.5) is 5.69 Å². The number of carboxylic acid groups (broad SMARTS) is 1. The highest BCUT2D eigenvalue weighted by atomic mass is 16.4. The van der Waals surface area contributed by atoms with Crippen molar-refractivity contribution in [1.29, 1.82) is 5.41 Å². The molecule has 6 heteroatoms. The van der Waals surface area contributed by atoms with E-state index in [0.717, 1.165) is 22.0 Å². The fourth-order valence-corrected chi connectivity index (χ4v) is 3.52. The van der Waals surface area contributed by atoms with E-state index in [1.165, 1.54) is 6.07 Å². The fourth-order valence-electron chi connectivity index (χ4n) is 3.52. The summed E-state index contributed by atoms with van der Waals surface area (Å²) < 4.78 is 1.69. The number of carboxylic acids is 1. The molecule has 0 fully saturated rings. The maximum atomic E-state index is 11.6. The molecule has 0 amide bonds. The highest BCUT2D eigenvalue weighted by molar-refractivity contribution is 6.10. The van der Waals surface area contributed by atoms with Crippen LogP contribution in [0.1, 0.15) is 15.9 Å². The summed E-state index contributed by atoms with van der Waals surface area (Å²) in [5.74, 6) is -0.140. The van der Waals surface area contributed by atoms with E-state index >= 15 is 0 Å². The van der Waals surface area contributed by atoms with Crippen molar-refractivity contribution >= 4 is 28.4 Å². The third kappa shape index (κ3) is 2.28. The molecule has 2 heterocycles. The molecule has 3 aromatic carbocycles. The van der Waals surface area contributed by atoms with Gasteiger partial charge in [-0.2, -0.15) is 0 Å². The van der Waals surface area contributed by atoms with Gasteiger partial charge < -0.3 is 5.11 Å². The van der Waals surface area contributed by atoms with E-state index < -0.39 is 5.97 Å². The normalized spacial score (nSPS) is 12.9. The van der Waals surface area contributed by atoms with Crippen LogP contribution in [0.15, 0.2) is 77.8 Å². The molecule has 1 aliphatic rings. The number of hydrogen-bond donors (Lipinski definition) is 2. The SMILES string of the molecule is N=C1c2ccccc2-c2nc3ccccc3c(=Nc3ccccc3C(=O)O)n21. The van der Waals surface area contributed by atoms with E-state index in [1.807, 2.05) is 48.5 Å². The molecule has 4 aromatic rings. The largest absolute Gasteiger partial charge is 0.478 e. The van der Waals surface area contributed by atoms with E-state index in [2.05, 4.69) is 0 Å². The summed E-state index contributed by atoms with van der Waals surface area (Å²) in [6, 6.07) is 21.8. The third-order valence-electron chi connectivity index (χ3n) is 4.80. The maximum absolute atomic E-state index is 11.6. The van der Waals surface area contributed by atoms with Gasteiger partial charge in [0.1, 0.15) is 17.1 Å². The van der Waals surface area contributed by atoms with Crippen LogP contribution in [0.2, 0.25) is 0 Å². The standard InChI is InChI=1S/C22H14N4O2/c23-19-13-7-1-2-8-14(13)20-24-17-11-5-3-9-15(17)21(26(19)20)25-18-12-6-4-10-16(18)22(27)28/h1-12,23H,(H,27,28). The molecule has 134 valence electrons. The predicted octanol–water partition coefficient (Wildman–Crippen LogP) is 3.82. The van der Waals surface area contributed by atoms with Gasteiger partial charge in [0, 0.05) is 16.5 Å². The first kappa shape index (κ1) is 16.1. The monoisotopic (exact) mass is 366 g/mol. The van der Waals surface area contributed by atoms with Gasteiger partial charge in [0.05, 0.1) is 16.8 Å². The topological polar surface area (TPSA) is 91.3 Å². The number of para-hydroxylation sites is 2. The van der Waals surface area contributed by atoms with Crippen LogP contribution in [0.5, 0.6) is 0 Å². The van der Waals surface area contributed by atoms with Crippen LogP contribution >= 0.6 is 0 Å². The average molecular weight is 366 g/mol. The zero-order valence-electron chi connectivity index (χ0n) is 14.6. The Morgan fingerprint density at radius 1 is 0.929 bits per heavy atom. The molecule has 0 saturated heterocycles. The molecule has 0 saturated carbocycles. The Morgan fingerprint density at radius 3 is 2.43 bits per heavy atom. The molecule has 1 aromatic heterocycles. The summed E-state index contributed by atoms with van der Waals surface area (Å²) in [6.07, 6.45) is 0. The minimum Gasteiger partial charge on any atom is -0.478 e. The van der Waals surface area contributed by atoms with E-state index in [9.17, 15) is 9.90 Å². The van der Waals surface area contributed by atoms with Crippen molar-refractivity contribution in [3.05, 3.63) is 89.4 Å². The van der Waals surface area contributed by atoms with Crippen molar-refractivity contribution < 1.29 is 9.90 Å². The molecule has 0 unspecified atom stereocenters. The number of aromatic nitrogens is 2. The van der Waals surface area contributed by atoms with E-state index in [1.54, 1.807) is 22.8 Å². The predicted molar refractivity (Wildman–Crippen MR) is 106 cm³/mol. The molecule has 0 spiro atoms. The van der Waals surface area contributed by atoms with Crippen molar-refractivity contribution in [3.8, 4) is 11.4 Å². The second kappa shape index (κ2) is 5.99. The molecule has 5 rings (SSSR count). The van der Waals surface area contributed by atoms with Gasteiger partial charge in [-0.3, -0.25) is 9.98 Å². The Balaban J connectivity index is 1.94. The average Bonchev–Trinajstić information content (AvgIpc) is 3.00. The van der Waals surface area contributed by atoms with Gasteiger partial charge in [-0.05, 0) is 24.3 Å². The lowest BCUT2D eigenvalue weighted by molar-refractivity contribution is 0.0698. The van der Waals surface area contributed by atoms with Crippen LogP contribution in [-0.4, -0.2) is 26.5 Å². The highest BCUT2D eigenvalue weighted by Gasteiger charge is 2.26. The van der Waals surface area contributed by atoms with Crippen molar-refractivity contribution in [2.24, 2.45) is 4.99 Å². The molecular weight excluding hydrogens is 352 g/mol. The number of nitrogens with zero attached hydrogens (tertiary/aromatic N) is 3. The van der Waals surface area contributed by atoms with E-state index in [-0.39, 0.29) is 11.4 Å². The minimum absolute atomic E-state index is 0.111. The Bertz CT molecular complexity index is 1370. The number of nitrogens with one attached hydrogen (secondary N) is 1. The summed E-state index contributed by atoms with van der Waals surface area (Å²) in [5.41, 5.74) is 3.32. The van der Waals surface area contributed by atoms with E-state index in [0.29, 0.717) is 17.0 Å². The third-order valence-corrected chi connectivity index (χ3v) is 4.80. The number of rotatable bonds is 2. The van der Waals surface area contributed by atoms with Gasteiger partial charge in [0.2, 0.25) is 0 Å². The lowest BCUT2D eigenvalue weighted by Gasteiger charge is -2.09. The Labute approximate surface area is 159 Å². The Kier molecular flexibility index (Phi) is 3.45. The molecular formula is C22H14N4O2. The van der Waals surface area contributed by atoms with Gasteiger partial charge in [-0.1, -0.05) is 48.5 Å². The van der Waals surface area contributed by atoms with Crippen LogP contribution in [0.3, 0.4) is 0 Å². The molecule has 0 aliphatic carbocycles. The van der Waals surface area contributed by atoms with Crippen molar-refractivity contribution in [2.75, 3.05) is 0 Å². The van der Waals surface area contributed by atoms with Crippen LogP contribution < -0.4 is 5.49 Å². The van der Waals surface area contributed by atoms with Crippen molar-refractivity contribution in [2.45, 2.75) is 0 Å². The van der Waals surface area contributed by atoms with Crippen molar-refractivity contribution in [1.82, 2.24) is 9.55 Å². The maximum Gasteiger partial charge on any atom is 0.337 e. The summed E-state index contributed by atoms with van der Waals surface area (Å²) in [4.78, 5) is 21.1. The highest BCUT2D eigenvalue weighted by Crippen LogP contribution is 2.30. The number of aromatic carboxylic acids is 1. The van der Waals surface area contributed by atoms with Crippen LogP contribution in [0.25, 0.3) is 22.3 Å². The molecule has 6 nitrogen and oxygen atoms in total.